The van der Waals surface area contributed by atoms with Crippen LogP contribution >= 0.6 is 12.2 Å². The average Bonchev–Trinajstić information content (AvgIpc) is 2.53. The van der Waals surface area contributed by atoms with Gasteiger partial charge in [0.1, 0.15) is 0 Å². The number of ether oxygens (including phenoxy) is 1. The molecule has 108 valence electrons. The first-order valence-electron chi connectivity index (χ1n) is 6.61. The van der Waals surface area contributed by atoms with E-state index in [4.69, 9.17) is 17.0 Å². The predicted molar refractivity (Wildman–Crippen MR) is 81.7 cm³/mol. The Labute approximate surface area is 124 Å². The summed E-state index contributed by atoms with van der Waals surface area (Å²) in [6.45, 7) is 2.98. The van der Waals surface area contributed by atoms with Crippen molar-refractivity contribution in [2.24, 2.45) is 0 Å². The van der Waals surface area contributed by atoms with Gasteiger partial charge in [0.25, 0.3) is 5.91 Å². The van der Waals surface area contributed by atoms with Gasteiger partial charge in [0.15, 0.2) is 5.11 Å². The molecule has 6 heteroatoms. The van der Waals surface area contributed by atoms with Gasteiger partial charge >= 0.3 is 0 Å². The first-order chi connectivity index (χ1) is 9.68. The Morgan fingerprint density at radius 1 is 1.50 bits per heavy atom. The van der Waals surface area contributed by atoms with Crippen molar-refractivity contribution in [2.75, 3.05) is 33.3 Å². The summed E-state index contributed by atoms with van der Waals surface area (Å²) in [5.41, 5.74) is 0.620. The molecule has 1 aromatic carbocycles. The minimum absolute atomic E-state index is 0.0851. The maximum absolute atomic E-state index is 12.2. The lowest BCUT2D eigenvalue weighted by atomic mass is 10.2. The third-order valence-electron chi connectivity index (χ3n) is 3.12. The zero-order valence-electron chi connectivity index (χ0n) is 11.5. The van der Waals surface area contributed by atoms with Gasteiger partial charge in [-0.15, -0.1) is 0 Å². The highest BCUT2D eigenvalue weighted by Crippen LogP contribution is 2.03. The molecule has 20 heavy (non-hydrogen) atoms. The van der Waals surface area contributed by atoms with Crippen molar-refractivity contribution in [3.63, 3.8) is 0 Å². The second kappa shape index (κ2) is 7.33. The Balaban J connectivity index is 1.83. The summed E-state index contributed by atoms with van der Waals surface area (Å²) in [7, 11) is 1.67. The van der Waals surface area contributed by atoms with Crippen LogP contribution in [0.2, 0.25) is 0 Å². The largest absolute Gasteiger partial charge is 0.374 e. The predicted octanol–water partition coefficient (Wildman–Crippen LogP) is 0.621. The molecule has 2 rings (SSSR count). The van der Waals surface area contributed by atoms with Gasteiger partial charge in [-0.1, -0.05) is 18.2 Å². The van der Waals surface area contributed by atoms with Crippen LogP contribution in [0.5, 0.6) is 0 Å². The number of hydrogen-bond acceptors (Lipinski definition) is 4. The van der Waals surface area contributed by atoms with E-state index in [1.807, 2.05) is 18.2 Å². The lowest BCUT2D eigenvalue weighted by molar-refractivity contribution is 0.0316. The molecule has 1 heterocycles. The van der Waals surface area contributed by atoms with E-state index in [-0.39, 0.29) is 12.0 Å². The van der Waals surface area contributed by atoms with E-state index in [1.165, 1.54) is 4.90 Å². The summed E-state index contributed by atoms with van der Waals surface area (Å²) >= 11 is 5.24. The van der Waals surface area contributed by atoms with Crippen molar-refractivity contribution in [3.8, 4) is 0 Å². The monoisotopic (exact) mass is 293 g/mol. The quantitative estimate of drug-likeness (QED) is 0.800. The Morgan fingerprint density at radius 3 is 2.90 bits per heavy atom. The molecule has 2 N–H and O–H groups in total. The molecule has 5 nitrogen and oxygen atoms in total. The average molecular weight is 293 g/mol. The zero-order valence-corrected chi connectivity index (χ0v) is 12.3. The van der Waals surface area contributed by atoms with E-state index in [9.17, 15) is 4.79 Å². The molecule has 0 radical (unpaired) electrons. The number of rotatable bonds is 3. The van der Waals surface area contributed by atoms with Crippen LogP contribution in [0.4, 0.5) is 0 Å². The molecule has 1 fully saturated rings. The fraction of sp³-hybridized carbons (Fsp3) is 0.429. The molecule has 0 aliphatic carbocycles. The van der Waals surface area contributed by atoms with Crippen molar-refractivity contribution in [2.45, 2.75) is 6.10 Å². The summed E-state index contributed by atoms with van der Waals surface area (Å²) in [6, 6.07) is 9.09. The molecule has 0 spiro atoms. The number of nitrogens with one attached hydrogen (secondary N) is 2. The number of morpholine rings is 1. The third kappa shape index (κ3) is 4.00. The lowest BCUT2D eigenvalue weighted by Gasteiger charge is -2.26. The number of carbonyl (C=O) groups is 1. The van der Waals surface area contributed by atoms with Crippen molar-refractivity contribution in [3.05, 3.63) is 35.9 Å². The molecular weight excluding hydrogens is 274 g/mol. The first-order valence-corrected chi connectivity index (χ1v) is 7.02. The summed E-state index contributed by atoms with van der Waals surface area (Å²) in [6.07, 6.45) is 0.0851. The van der Waals surface area contributed by atoms with Gasteiger partial charge in [0.05, 0.1) is 12.7 Å². The molecule has 1 atom stereocenters. The maximum Gasteiger partial charge on any atom is 0.259 e. The lowest BCUT2D eigenvalue weighted by Crippen LogP contribution is -2.48. The van der Waals surface area contributed by atoms with Crippen LogP contribution in [0.25, 0.3) is 0 Å². The van der Waals surface area contributed by atoms with E-state index in [0.717, 1.165) is 13.1 Å². The van der Waals surface area contributed by atoms with Gasteiger partial charge in [-0.3, -0.25) is 9.69 Å². The number of thiocarbonyl (C=S) groups is 1. The van der Waals surface area contributed by atoms with Crippen LogP contribution in [0.3, 0.4) is 0 Å². The molecule has 0 aromatic heterocycles. The van der Waals surface area contributed by atoms with E-state index in [1.54, 1.807) is 19.2 Å². The fourth-order valence-electron chi connectivity index (χ4n) is 1.94. The van der Waals surface area contributed by atoms with Crippen LogP contribution in [-0.4, -0.2) is 55.3 Å². The molecule has 1 aromatic rings. The summed E-state index contributed by atoms with van der Waals surface area (Å²) in [4.78, 5) is 13.6. The summed E-state index contributed by atoms with van der Waals surface area (Å²) in [5.74, 6) is -0.120. The molecule has 1 aliphatic rings. The van der Waals surface area contributed by atoms with Crippen LogP contribution in [-0.2, 0) is 4.74 Å². The maximum atomic E-state index is 12.2. The normalized spacial score (nSPS) is 18.4. The number of hydrogen-bond donors (Lipinski definition) is 2. The smallest absolute Gasteiger partial charge is 0.259 e. The Kier molecular flexibility index (Phi) is 5.46. The Hall–Kier alpha value is -1.50. The molecule has 1 amide bonds. The minimum atomic E-state index is -0.120. The number of nitrogens with zero attached hydrogens (tertiary/aromatic N) is 1. The van der Waals surface area contributed by atoms with Crippen molar-refractivity contribution in [1.29, 1.82) is 0 Å². The van der Waals surface area contributed by atoms with Crippen LogP contribution < -0.4 is 10.6 Å². The van der Waals surface area contributed by atoms with Gasteiger partial charge in [-0.05, 0) is 24.4 Å². The standard InChI is InChI=1S/C14H19N3O2S/c1-17(13(18)11-5-3-2-4-6-11)14(20)16-10-12-9-15-7-8-19-12/h2-6,12,15H,7-10H2,1H3,(H,16,20). The van der Waals surface area contributed by atoms with Crippen molar-refractivity contribution >= 4 is 23.2 Å². The molecule has 1 saturated heterocycles. The number of amides is 1. The molecule has 1 unspecified atom stereocenters. The highest BCUT2D eigenvalue weighted by atomic mass is 32.1. The van der Waals surface area contributed by atoms with E-state index < -0.39 is 0 Å². The number of benzene rings is 1. The summed E-state index contributed by atoms with van der Waals surface area (Å²) < 4.78 is 5.57. The second-order valence-electron chi connectivity index (χ2n) is 4.61. The van der Waals surface area contributed by atoms with E-state index in [0.29, 0.717) is 23.8 Å². The van der Waals surface area contributed by atoms with Gasteiger partial charge in [-0.2, -0.15) is 0 Å². The highest BCUT2D eigenvalue weighted by molar-refractivity contribution is 7.80. The van der Waals surface area contributed by atoms with Gasteiger partial charge in [0, 0.05) is 32.2 Å². The van der Waals surface area contributed by atoms with E-state index in [2.05, 4.69) is 10.6 Å². The fourth-order valence-corrected chi connectivity index (χ4v) is 2.10. The summed E-state index contributed by atoms with van der Waals surface area (Å²) in [5, 5.41) is 6.73. The Bertz CT molecular complexity index is 461. The number of carbonyl (C=O) groups excluding carboxylic acids is 1. The third-order valence-corrected chi connectivity index (χ3v) is 3.53. The highest BCUT2D eigenvalue weighted by Gasteiger charge is 2.18. The van der Waals surface area contributed by atoms with Crippen LogP contribution in [0.15, 0.2) is 30.3 Å². The van der Waals surface area contributed by atoms with Crippen LogP contribution in [0.1, 0.15) is 10.4 Å². The SMILES string of the molecule is CN(C(=O)c1ccccc1)C(=S)NCC1CNCCO1. The molecule has 0 bridgehead atoms. The van der Waals surface area contributed by atoms with Gasteiger partial charge in [-0.25, -0.2) is 0 Å². The van der Waals surface area contributed by atoms with E-state index >= 15 is 0 Å². The minimum Gasteiger partial charge on any atom is -0.374 e. The molecule has 1 aliphatic heterocycles. The van der Waals surface area contributed by atoms with Gasteiger partial charge in [0.2, 0.25) is 0 Å². The van der Waals surface area contributed by atoms with Crippen LogP contribution in [0, 0.1) is 0 Å². The first kappa shape index (κ1) is 14.9. The Morgan fingerprint density at radius 2 is 2.25 bits per heavy atom. The van der Waals surface area contributed by atoms with Crippen molar-refractivity contribution in [1.82, 2.24) is 15.5 Å². The molecular formula is C14H19N3O2S. The van der Waals surface area contributed by atoms with Gasteiger partial charge < -0.3 is 15.4 Å². The molecule has 0 saturated carbocycles. The second-order valence-corrected chi connectivity index (χ2v) is 5.00. The van der Waals surface area contributed by atoms with Crippen molar-refractivity contribution < 1.29 is 9.53 Å². The zero-order chi connectivity index (χ0) is 14.4. The topological polar surface area (TPSA) is 53.6 Å².